The number of nitrogens with one attached hydrogen (secondary N) is 2. The highest BCUT2D eigenvalue weighted by Crippen LogP contribution is 2.29. The zero-order valence-electron chi connectivity index (χ0n) is 15.9. The van der Waals surface area contributed by atoms with E-state index in [1.165, 1.54) is 6.07 Å². The van der Waals surface area contributed by atoms with Gasteiger partial charge in [-0.2, -0.15) is 18.3 Å². The van der Waals surface area contributed by atoms with Crippen molar-refractivity contribution in [1.82, 2.24) is 25.3 Å². The third-order valence-corrected chi connectivity index (χ3v) is 5.50. The average Bonchev–Trinajstić information content (AvgIpc) is 3.15. The van der Waals surface area contributed by atoms with Crippen molar-refractivity contribution in [2.24, 2.45) is 5.92 Å². The quantitative estimate of drug-likeness (QED) is 0.806. The topological polar surface area (TPSA) is 81.3 Å². The number of carbonyl (C=O) groups excluding carboxylic acids is 2. The molecule has 0 radical (unpaired) electrons. The van der Waals surface area contributed by atoms with Crippen LogP contribution in [-0.4, -0.2) is 77.8 Å². The first-order chi connectivity index (χ1) is 13.2. The van der Waals surface area contributed by atoms with Crippen LogP contribution in [0.3, 0.4) is 0 Å². The number of amides is 2. The predicted molar refractivity (Wildman–Crippen MR) is 95.8 cm³/mol. The molecular formula is C18H26F3N5O2. The zero-order chi connectivity index (χ0) is 20.3. The fourth-order valence-electron chi connectivity index (χ4n) is 3.97. The van der Waals surface area contributed by atoms with Crippen LogP contribution in [0.2, 0.25) is 0 Å². The van der Waals surface area contributed by atoms with Gasteiger partial charge in [0.05, 0.1) is 5.92 Å². The van der Waals surface area contributed by atoms with E-state index in [0.29, 0.717) is 13.1 Å². The van der Waals surface area contributed by atoms with E-state index in [-0.39, 0.29) is 23.4 Å². The molecule has 2 N–H and O–H groups in total. The molecule has 7 nitrogen and oxygen atoms in total. The second kappa shape index (κ2) is 8.50. The second-order valence-electron chi connectivity index (χ2n) is 7.71. The fourth-order valence-corrected chi connectivity index (χ4v) is 3.97. The van der Waals surface area contributed by atoms with Crippen LogP contribution in [0.5, 0.6) is 0 Å². The lowest BCUT2D eigenvalue weighted by molar-refractivity contribution is -0.138. The lowest BCUT2D eigenvalue weighted by Crippen LogP contribution is -2.46. The lowest BCUT2D eigenvalue weighted by Gasteiger charge is -2.36. The fraction of sp³-hybridized carbons (Fsp3) is 0.722. The molecule has 2 saturated heterocycles. The van der Waals surface area contributed by atoms with Gasteiger partial charge in [-0.1, -0.05) is 0 Å². The Kier molecular flexibility index (Phi) is 6.26. The first-order valence-corrected chi connectivity index (χ1v) is 9.60. The summed E-state index contributed by atoms with van der Waals surface area (Å²) in [6, 6.07) is 1.50. The molecule has 2 aliphatic rings. The standard InChI is InChI=1S/C18H26F3N5O2/c1-25-6-2-3-13(10-25)17(28)26-7-4-12(5-8-26)14-9-15(24-23-14)16(27)22-11-18(19,20)21/h9,12-13H,2-8,10-11H2,1H3,(H,22,27)(H,23,24). The van der Waals surface area contributed by atoms with Gasteiger partial charge in [0.2, 0.25) is 5.91 Å². The van der Waals surface area contributed by atoms with Crippen LogP contribution in [0, 0.1) is 5.92 Å². The number of alkyl halides is 3. The van der Waals surface area contributed by atoms with Crippen LogP contribution < -0.4 is 5.32 Å². The molecule has 156 valence electrons. The van der Waals surface area contributed by atoms with Crippen molar-refractivity contribution in [2.45, 2.75) is 37.8 Å². The number of nitrogens with zero attached hydrogens (tertiary/aromatic N) is 3. The Bertz CT molecular complexity index is 698. The highest BCUT2D eigenvalue weighted by Gasteiger charge is 2.32. The number of piperidine rings is 2. The third-order valence-electron chi connectivity index (χ3n) is 5.50. The predicted octanol–water partition coefficient (Wildman–Crippen LogP) is 1.75. The summed E-state index contributed by atoms with van der Waals surface area (Å²) < 4.78 is 36.6. The van der Waals surface area contributed by atoms with Crippen LogP contribution in [0.15, 0.2) is 6.07 Å². The van der Waals surface area contributed by atoms with Crippen molar-refractivity contribution in [3.63, 3.8) is 0 Å². The summed E-state index contributed by atoms with van der Waals surface area (Å²) in [7, 11) is 2.03. The van der Waals surface area contributed by atoms with Crippen molar-refractivity contribution in [3.05, 3.63) is 17.5 Å². The van der Waals surface area contributed by atoms with E-state index in [1.54, 1.807) is 0 Å². The molecule has 3 heterocycles. The molecular weight excluding hydrogens is 375 g/mol. The molecule has 0 spiro atoms. The third kappa shape index (κ3) is 5.24. The van der Waals surface area contributed by atoms with Gasteiger partial charge >= 0.3 is 6.18 Å². The zero-order valence-corrected chi connectivity index (χ0v) is 15.9. The molecule has 0 bridgehead atoms. The Balaban J connectivity index is 1.50. The molecule has 1 unspecified atom stereocenters. The number of aromatic nitrogens is 2. The number of rotatable bonds is 4. The van der Waals surface area contributed by atoms with Gasteiger partial charge in [-0.3, -0.25) is 14.7 Å². The van der Waals surface area contributed by atoms with E-state index in [0.717, 1.165) is 44.5 Å². The molecule has 0 saturated carbocycles. The van der Waals surface area contributed by atoms with Crippen molar-refractivity contribution in [2.75, 3.05) is 39.8 Å². The van der Waals surface area contributed by atoms with Gasteiger partial charge in [-0.05, 0) is 45.3 Å². The van der Waals surface area contributed by atoms with E-state index < -0.39 is 18.6 Å². The summed E-state index contributed by atoms with van der Waals surface area (Å²) in [6.45, 7) is 1.72. The van der Waals surface area contributed by atoms with E-state index in [9.17, 15) is 22.8 Å². The average molecular weight is 401 g/mol. The maximum absolute atomic E-state index is 12.7. The number of H-pyrrole nitrogens is 1. The molecule has 10 heteroatoms. The van der Waals surface area contributed by atoms with Crippen molar-refractivity contribution in [1.29, 1.82) is 0 Å². The molecule has 2 fully saturated rings. The summed E-state index contributed by atoms with van der Waals surface area (Å²) >= 11 is 0. The molecule has 28 heavy (non-hydrogen) atoms. The van der Waals surface area contributed by atoms with Crippen LogP contribution >= 0.6 is 0 Å². The summed E-state index contributed by atoms with van der Waals surface area (Å²) in [5.41, 5.74) is 0.671. The smallest absolute Gasteiger partial charge is 0.342 e. The second-order valence-corrected chi connectivity index (χ2v) is 7.71. The van der Waals surface area contributed by atoms with E-state index in [1.807, 2.05) is 17.3 Å². The molecule has 3 rings (SSSR count). The highest BCUT2D eigenvalue weighted by molar-refractivity contribution is 5.92. The molecule has 1 aromatic heterocycles. The Hall–Kier alpha value is -2.10. The van der Waals surface area contributed by atoms with Gasteiger partial charge < -0.3 is 15.1 Å². The Morgan fingerprint density at radius 2 is 1.96 bits per heavy atom. The van der Waals surface area contributed by atoms with Crippen molar-refractivity contribution >= 4 is 11.8 Å². The van der Waals surface area contributed by atoms with Crippen LogP contribution in [0.25, 0.3) is 0 Å². The molecule has 2 amide bonds. The van der Waals surface area contributed by atoms with E-state index in [4.69, 9.17) is 0 Å². The molecule has 1 atom stereocenters. The summed E-state index contributed by atoms with van der Waals surface area (Å²) in [4.78, 5) is 28.6. The van der Waals surface area contributed by atoms with Crippen molar-refractivity contribution in [3.8, 4) is 0 Å². The van der Waals surface area contributed by atoms with E-state index in [2.05, 4.69) is 15.1 Å². The number of aromatic amines is 1. The maximum atomic E-state index is 12.7. The van der Waals surface area contributed by atoms with E-state index >= 15 is 0 Å². The lowest BCUT2D eigenvalue weighted by atomic mass is 9.91. The summed E-state index contributed by atoms with van der Waals surface area (Å²) in [6.07, 6.45) is -1.02. The number of hydrogen-bond acceptors (Lipinski definition) is 4. The largest absolute Gasteiger partial charge is 0.405 e. The van der Waals surface area contributed by atoms with Gasteiger partial charge in [0, 0.05) is 31.2 Å². The van der Waals surface area contributed by atoms with Gasteiger partial charge in [0.15, 0.2) is 0 Å². The first kappa shape index (κ1) is 20.6. The van der Waals surface area contributed by atoms with Gasteiger partial charge in [0.25, 0.3) is 5.91 Å². The molecule has 0 aliphatic carbocycles. The molecule has 2 aliphatic heterocycles. The van der Waals surface area contributed by atoms with Gasteiger partial charge in [-0.25, -0.2) is 0 Å². The Morgan fingerprint density at radius 3 is 2.61 bits per heavy atom. The minimum atomic E-state index is -4.46. The normalized spacial score (nSPS) is 22.3. The van der Waals surface area contributed by atoms with Gasteiger partial charge in [0.1, 0.15) is 12.2 Å². The SMILES string of the molecule is CN1CCCC(C(=O)N2CCC(c3cc(C(=O)NCC(F)(F)F)n[nH]3)CC2)C1. The summed E-state index contributed by atoms with van der Waals surface area (Å²) in [5.74, 6) is -0.475. The molecule has 1 aromatic rings. The summed E-state index contributed by atoms with van der Waals surface area (Å²) in [5, 5.41) is 8.42. The van der Waals surface area contributed by atoms with Crippen molar-refractivity contribution < 1.29 is 22.8 Å². The number of carbonyl (C=O) groups is 2. The Labute approximate surface area is 161 Å². The monoisotopic (exact) mass is 401 g/mol. The van der Waals surface area contributed by atoms with Crippen LogP contribution in [-0.2, 0) is 4.79 Å². The number of halogens is 3. The van der Waals surface area contributed by atoms with Crippen LogP contribution in [0.4, 0.5) is 13.2 Å². The number of hydrogen-bond donors (Lipinski definition) is 2. The molecule has 0 aromatic carbocycles. The minimum absolute atomic E-state index is 0.0528. The minimum Gasteiger partial charge on any atom is -0.342 e. The maximum Gasteiger partial charge on any atom is 0.405 e. The first-order valence-electron chi connectivity index (χ1n) is 9.60. The van der Waals surface area contributed by atoms with Gasteiger partial charge in [-0.15, -0.1) is 0 Å². The van der Waals surface area contributed by atoms with Crippen LogP contribution in [0.1, 0.15) is 47.8 Å². The Morgan fingerprint density at radius 1 is 1.25 bits per heavy atom. The number of likely N-dealkylation sites (tertiary alicyclic amines) is 2. The highest BCUT2D eigenvalue weighted by atomic mass is 19.4.